The minimum atomic E-state index is -3.23. The van der Waals surface area contributed by atoms with Gasteiger partial charge < -0.3 is 0 Å². The van der Waals surface area contributed by atoms with Gasteiger partial charge in [-0.3, -0.25) is 0 Å². The van der Waals surface area contributed by atoms with Gasteiger partial charge in [-0.15, -0.1) is 0 Å². The van der Waals surface area contributed by atoms with Crippen molar-refractivity contribution in [3.05, 3.63) is 0 Å². The molecule has 1 heterocycles. The van der Waals surface area contributed by atoms with Gasteiger partial charge >= 0.3 is 0 Å². The van der Waals surface area contributed by atoms with Crippen LogP contribution in [0.4, 0.5) is 0 Å². The molecule has 0 radical (unpaired) electrons. The minimum Gasteiger partial charge on any atom is -0.200 e. The molecule has 1 saturated heterocycles. The van der Waals surface area contributed by atoms with Gasteiger partial charge in [0, 0.05) is 19.1 Å². The van der Waals surface area contributed by atoms with E-state index in [-0.39, 0.29) is 6.04 Å². The predicted molar refractivity (Wildman–Crippen MR) is 57.2 cm³/mol. The van der Waals surface area contributed by atoms with E-state index in [9.17, 15) is 8.42 Å². The van der Waals surface area contributed by atoms with Gasteiger partial charge in [-0.2, -0.15) is 17.4 Å². The smallest absolute Gasteiger partial charge is 0.200 e. The Morgan fingerprint density at radius 1 is 1.43 bits per heavy atom. The first-order valence-corrected chi connectivity index (χ1v) is 6.63. The van der Waals surface area contributed by atoms with Gasteiger partial charge in [-0.05, 0) is 32.6 Å². The lowest BCUT2D eigenvalue weighted by atomic mass is 10.0. The van der Waals surface area contributed by atoms with E-state index in [1.54, 1.807) is 4.31 Å². The van der Waals surface area contributed by atoms with Gasteiger partial charge in [0.05, 0.1) is 0 Å². The topological polar surface area (TPSA) is 49.4 Å². The molecule has 0 saturated carbocycles. The van der Waals surface area contributed by atoms with Gasteiger partial charge in [0.2, 0.25) is 0 Å². The zero-order chi connectivity index (χ0) is 10.8. The van der Waals surface area contributed by atoms with Crippen LogP contribution in [0.5, 0.6) is 0 Å². The number of piperidine rings is 1. The van der Waals surface area contributed by atoms with Crippen LogP contribution in [0.3, 0.4) is 0 Å². The number of hydrogen-bond donors (Lipinski definition) is 1. The van der Waals surface area contributed by atoms with Crippen LogP contribution in [-0.4, -0.2) is 31.9 Å². The molecule has 0 aromatic carbocycles. The van der Waals surface area contributed by atoms with Gasteiger partial charge in [-0.25, -0.2) is 0 Å². The molecule has 1 aliphatic heterocycles. The maximum absolute atomic E-state index is 11.8. The molecule has 1 N–H and O–H groups in total. The second-order valence-electron chi connectivity index (χ2n) is 4.38. The molecule has 1 atom stereocenters. The summed E-state index contributed by atoms with van der Waals surface area (Å²) < 4.78 is 27.7. The van der Waals surface area contributed by atoms with E-state index < -0.39 is 10.2 Å². The van der Waals surface area contributed by atoms with Crippen molar-refractivity contribution in [2.24, 2.45) is 5.92 Å². The third-order valence-electron chi connectivity index (χ3n) is 2.34. The highest BCUT2D eigenvalue weighted by Crippen LogP contribution is 2.17. The van der Waals surface area contributed by atoms with Crippen LogP contribution in [0.15, 0.2) is 0 Å². The average Bonchev–Trinajstić information content (AvgIpc) is 2.01. The van der Waals surface area contributed by atoms with Crippen molar-refractivity contribution in [2.45, 2.75) is 39.7 Å². The molecule has 1 fully saturated rings. The zero-order valence-corrected chi connectivity index (χ0v) is 9.97. The Hall–Kier alpha value is -0.130. The van der Waals surface area contributed by atoms with Crippen molar-refractivity contribution >= 4 is 10.2 Å². The second kappa shape index (κ2) is 4.59. The van der Waals surface area contributed by atoms with Crippen LogP contribution in [0, 0.1) is 5.92 Å². The molecular formula is C9H20N2O2S. The summed E-state index contributed by atoms with van der Waals surface area (Å²) in [6, 6.07) is -0.0303. The highest BCUT2D eigenvalue weighted by molar-refractivity contribution is 7.87. The summed E-state index contributed by atoms with van der Waals surface area (Å²) in [5.41, 5.74) is 0. The average molecular weight is 220 g/mol. The molecule has 1 aliphatic rings. The molecule has 1 rings (SSSR count). The Bertz CT molecular complexity index is 275. The molecule has 0 aromatic heterocycles. The zero-order valence-electron chi connectivity index (χ0n) is 9.16. The van der Waals surface area contributed by atoms with Crippen molar-refractivity contribution < 1.29 is 8.42 Å². The summed E-state index contributed by atoms with van der Waals surface area (Å²) in [6.45, 7) is 7.08. The second-order valence-corrected chi connectivity index (χ2v) is 6.09. The monoisotopic (exact) mass is 220 g/mol. The third-order valence-corrected chi connectivity index (χ3v) is 4.13. The number of nitrogens with one attached hydrogen (secondary N) is 1. The van der Waals surface area contributed by atoms with Crippen LogP contribution in [0.1, 0.15) is 33.6 Å². The van der Waals surface area contributed by atoms with Crippen LogP contribution >= 0.6 is 0 Å². The van der Waals surface area contributed by atoms with E-state index in [1.807, 2.05) is 13.8 Å². The summed E-state index contributed by atoms with van der Waals surface area (Å²) in [5, 5.41) is 0. The largest absolute Gasteiger partial charge is 0.279 e. The molecular weight excluding hydrogens is 200 g/mol. The van der Waals surface area contributed by atoms with Gasteiger partial charge in [-0.1, -0.05) is 6.92 Å². The first kappa shape index (κ1) is 11.9. The Kier molecular flexibility index (Phi) is 3.92. The van der Waals surface area contributed by atoms with Gasteiger partial charge in [0.25, 0.3) is 10.2 Å². The number of hydrogen-bond acceptors (Lipinski definition) is 2. The van der Waals surface area contributed by atoms with Crippen molar-refractivity contribution in [2.75, 3.05) is 13.1 Å². The van der Waals surface area contributed by atoms with E-state index in [1.165, 1.54) is 0 Å². The number of rotatable bonds is 3. The summed E-state index contributed by atoms with van der Waals surface area (Å²) >= 11 is 0. The highest BCUT2D eigenvalue weighted by atomic mass is 32.2. The summed E-state index contributed by atoms with van der Waals surface area (Å²) in [7, 11) is -3.23. The Labute approximate surface area is 86.9 Å². The number of nitrogens with zero attached hydrogens (tertiary/aromatic N) is 1. The van der Waals surface area contributed by atoms with Crippen molar-refractivity contribution in [3.8, 4) is 0 Å². The summed E-state index contributed by atoms with van der Waals surface area (Å²) in [5.74, 6) is 0.479. The van der Waals surface area contributed by atoms with E-state index in [0.29, 0.717) is 19.0 Å². The molecule has 5 heteroatoms. The molecule has 84 valence electrons. The molecule has 14 heavy (non-hydrogen) atoms. The Morgan fingerprint density at radius 2 is 2.07 bits per heavy atom. The fourth-order valence-electron chi connectivity index (χ4n) is 1.74. The maximum atomic E-state index is 11.8. The van der Waals surface area contributed by atoms with E-state index in [2.05, 4.69) is 11.6 Å². The Morgan fingerprint density at radius 3 is 2.57 bits per heavy atom. The molecule has 0 bridgehead atoms. The van der Waals surface area contributed by atoms with E-state index in [0.717, 1.165) is 12.8 Å². The fourth-order valence-corrected chi connectivity index (χ4v) is 3.30. The van der Waals surface area contributed by atoms with Crippen LogP contribution in [0.2, 0.25) is 0 Å². The van der Waals surface area contributed by atoms with Crippen LogP contribution < -0.4 is 4.72 Å². The normalized spacial score (nSPS) is 25.6. The molecule has 4 nitrogen and oxygen atoms in total. The van der Waals surface area contributed by atoms with E-state index in [4.69, 9.17) is 0 Å². The third kappa shape index (κ3) is 3.22. The lowest BCUT2D eigenvalue weighted by molar-refractivity contribution is 0.277. The molecule has 0 spiro atoms. The van der Waals surface area contributed by atoms with Crippen molar-refractivity contribution in [3.63, 3.8) is 0 Å². The fraction of sp³-hybridized carbons (Fsp3) is 1.00. The van der Waals surface area contributed by atoms with Crippen molar-refractivity contribution in [1.82, 2.24) is 9.03 Å². The van der Waals surface area contributed by atoms with Crippen LogP contribution in [0.25, 0.3) is 0 Å². The molecule has 0 aliphatic carbocycles. The summed E-state index contributed by atoms with van der Waals surface area (Å²) in [4.78, 5) is 0. The van der Waals surface area contributed by atoms with E-state index >= 15 is 0 Å². The first-order chi connectivity index (χ1) is 6.42. The minimum absolute atomic E-state index is 0.0303. The maximum Gasteiger partial charge on any atom is 0.279 e. The molecule has 0 amide bonds. The highest BCUT2D eigenvalue weighted by Gasteiger charge is 2.26. The predicted octanol–water partition coefficient (Wildman–Crippen LogP) is 0.961. The molecule has 0 aromatic rings. The summed E-state index contributed by atoms with van der Waals surface area (Å²) in [6.07, 6.45) is 2.11. The lowest BCUT2D eigenvalue weighted by Crippen LogP contribution is -2.47. The van der Waals surface area contributed by atoms with Crippen LogP contribution in [-0.2, 0) is 10.2 Å². The SMILES string of the molecule is CC1CCCN(S(=O)(=O)NC(C)C)C1. The molecule has 1 unspecified atom stereocenters. The quantitative estimate of drug-likeness (QED) is 0.770. The standard InChI is InChI=1S/C9H20N2O2S/c1-8(2)10-14(12,13)11-6-4-5-9(3)7-11/h8-10H,4-7H2,1-3H3. The lowest BCUT2D eigenvalue weighted by Gasteiger charge is -2.30. The first-order valence-electron chi connectivity index (χ1n) is 5.19. The Balaban J connectivity index is 2.62. The van der Waals surface area contributed by atoms with Gasteiger partial charge in [0.15, 0.2) is 0 Å². The van der Waals surface area contributed by atoms with Crippen molar-refractivity contribution in [1.29, 1.82) is 0 Å². The van der Waals surface area contributed by atoms with Gasteiger partial charge in [0.1, 0.15) is 0 Å².